The van der Waals surface area contributed by atoms with Crippen molar-refractivity contribution in [1.82, 2.24) is 4.90 Å². The molecule has 2 aromatic carbocycles. The van der Waals surface area contributed by atoms with Crippen molar-refractivity contribution in [2.75, 3.05) is 20.4 Å². The maximum Gasteiger partial charge on any atom is 0.231 e. The van der Waals surface area contributed by atoms with Crippen LogP contribution in [0.5, 0.6) is 23.0 Å². The van der Waals surface area contributed by atoms with Crippen LogP contribution < -0.4 is 14.2 Å². The van der Waals surface area contributed by atoms with Crippen LogP contribution >= 0.6 is 0 Å². The molecule has 1 amide bonds. The molecule has 1 N–H and O–H groups in total. The molecule has 2 heterocycles. The smallest absolute Gasteiger partial charge is 0.231 e. The Morgan fingerprint density at radius 2 is 2.00 bits per heavy atom. The first kappa shape index (κ1) is 15.4. The number of methoxy groups -OCH3 is 1. The molecule has 3 aliphatic rings. The fourth-order valence-electron chi connectivity index (χ4n) is 4.47. The zero-order chi connectivity index (χ0) is 18.0. The Kier molecular flexibility index (Phi) is 3.13. The molecular formula is C20H19NO5. The van der Waals surface area contributed by atoms with Crippen LogP contribution in [0.2, 0.25) is 0 Å². The van der Waals surface area contributed by atoms with Gasteiger partial charge in [0.1, 0.15) is 0 Å². The van der Waals surface area contributed by atoms with E-state index in [1.807, 2.05) is 23.1 Å². The number of hydrogen-bond donors (Lipinski definition) is 1. The predicted molar refractivity (Wildman–Crippen MR) is 93.8 cm³/mol. The number of hydrogen-bond acceptors (Lipinski definition) is 5. The van der Waals surface area contributed by atoms with E-state index in [1.165, 1.54) is 0 Å². The summed E-state index contributed by atoms with van der Waals surface area (Å²) in [5, 5.41) is 10.9. The van der Waals surface area contributed by atoms with Crippen LogP contribution in [0.3, 0.4) is 0 Å². The highest BCUT2D eigenvalue weighted by molar-refractivity contribution is 5.86. The maximum atomic E-state index is 12.2. The molecule has 1 aliphatic carbocycles. The second kappa shape index (κ2) is 5.30. The molecule has 134 valence electrons. The molecule has 0 saturated heterocycles. The molecule has 26 heavy (non-hydrogen) atoms. The van der Waals surface area contributed by atoms with E-state index in [4.69, 9.17) is 14.2 Å². The molecule has 6 nitrogen and oxygen atoms in total. The molecular weight excluding hydrogens is 334 g/mol. The number of amides is 1. The number of carbonyl (C=O) groups is 1. The largest absolute Gasteiger partial charge is 0.504 e. The van der Waals surface area contributed by atoms with Gasteiger partial charge in [0.05, 0.1) is 13.2 Å². The quantitative estimate of drug-likeness (QED) is 0.854. The summed E-state index contributed by atoms with van der Waals surface area (Å²) in [5.41, 5.74) is 4.85. The molecule has 6 heteroatoms. The van der Waals surface area contributed by atoms with E-state index in [9.17, 15) is 9.90 Å². The fourth-order valence-corrected chi connectivity index (χ4v) is 4.47. The number of rotatable bonds is 1. The van der Waals surface area contributed by atoms with Gasteiger partial charge in [-0.15, -0.1) is 0 Å². The standard InChI is InChI=1S/C20H19NO5/c1-10(22)21-4-3-11-6-17(24-2)20(23)19-13-8-16-15(25-9-26-16)7-12(13)5-14(21)18(11)19/h6-8,14,23H,3-5,9H2,1-2H3. The van der Waals surface area contributed by atoms with Gasteiger partial charge in [0.2, 0.25) is 12.7 Å². The van der Waals surface area contributed by atoms with E-state index < -0.39 is 0 Å². The van der Waals surface area contributed by atoms with Gasteiger partial charge in [0.15, 0.2) is 23.0 Å². The minimum atomic E-state index is -0.0871. The molecule has 0 bridgehead atoms. The summed E-state index contributed by atoms with van der Waals surface area (Å²) in [4.78, 5) is 14.1. The molecule has 5 rings (SSSR count). The summed E-state index contributed by atoms with van der Waals surface area (Å²) in [6, 6.07) is 5.70. The zero-order valence-electron chi connectivity index (χ0n) is 14.7. The Labute approximate surface area is 150 Å². The predicted octanol–water partition coefficient (Wildman–Crippen LogP) is 2.80. The van der Waals surface area contributed by atoms with Gasteiger partial charge in [0, 0.05) is 19.0 Å². The first-order valence-corrected chi connectivity index (χ1v) is 8.71. The Hall–Kier alpha value is -2.89. The van der Waals surface area contributed by atoms with Crippen LogP contribution in [0, 0.1) is 0 Å². The molecule has 0 radical (unpaired) electrons. The summed E-state index contributed by atoms with van der Waals surface area (Å²) < 4.78 is 16.5. The van der Waals surface area contributed by atoms with Crippen LogP contribution in [0.4, 0.5) is 0 Å². The molecule has 0 aromatic heterocycles. The highest BCUT2D eigenvalue weighted by Gasteiger charge is 2.39. The fraction of sp³-hybridized carbons (Fsp3) is 0.350. The Bertz CT molecular complexity index is 952. The van der Waals surface area contributed by atoms with Gasteiger partial charge in [-0.25, -0.2) is 0 Å². The molecule has 2 aliphatic heterocycles. The summed E-state index contributed by atoms with van der Waals surface area (Å²) in [6.07, 6.45) is 1.44. The number of phenolic OH excluding ortho intramolecular Hbond substituents is 1. The van der Waals surface area contributed by atoms with Crippen LogP contribution in [0.1, 0.15) is 29.7 Å². The van der Waals surface area contributed by atoms with Gasteiger partial charge in [-0.1, -0.05) is 0 Å². The van der Waals surface area contributed by atoms with E-state index in [1.54, 1.807) is 14.0 Å². The lowest BCUT2D eigenvalue weighted by atomic mass is 9.76. The van der Waals surface area contributed by atoms with Crippen molar-refractivity contribution < 1.29 is 24.1 Å². The van der Waals surface area contributed by atoms with E-state index in [2.05, 4.69) is 0 Å². The van der Waals surface area contributed by atoms with Crippen molar-refractivity contribution in [1.29, 1.82) is 0 Å². The first-order chi connectivity index (χ1) is 12.6. The lowest BCUT2D eigenvalue weighted by molar-refractivity contribution is -0.131. The van der Waals surface area contributed by atoms with Gasteiger partial charge in [-0.3, -0.25) is 4.79 Å². The van der Waals surface area contributed by atoms with E-state index >= 15 is 0 Å². The van der Waals surface area contributed by atoms with Crippen molar-refractivity contribution in [3.8, 4) is 34.1 Å². The Balaban J connectivity index is 1.81. The van der Waals surface area contributed by atoms with Crippen molar-refractivity contribution in [3.63, 3.8) is 0 Å². The van der Waals surface area contributed by atoms with Crippen LogP contribution in [-0.2, 0) is 17.6 Å². The van der Waals surface area contributed by atoms with E-state index in [0.717, 1.165) is 34.2 Å². The molecule has 0 fully saturated rings. The maximum absolute atomic E-state index is 12.2. The summed E-state index contributed by atoms with van der Waals surface area (Å²) in [6.45, 7) is 2.47. The van der Waals surface area contributed by atoms with Gasteiger partial charge in [-0.2, -0.15) is 0 Å². The van der Waals surface area contributed by atoms with Crippen molar-refractivity contribution in [2.24, 2.45) is 0 Å². The number of ether oxygens (including phenoxy) is 3. The van der Waals surface area contributed by atoms with Crippen molar-refractivity contribution in [2.45, 2.75) is 25.8 Å². The number of fused-ring (bicyclic) bond motifs is 3. The summed E-state index contributed by atoms with van der Waals surface area (Å²) >= 11 is 0. The first-order valence-electron chi connectivity index (χ1n) is 8.71. The topological polar surface area (TPSA) is 68.2 Å². The zero-order valence-corrected chi connectivity index (χ0v) is 14.7. The molecule has 1 atom stereocenters. The van der Waals surface area contributed by atoms with Gasteiger partial charge < -0.3 is 24.2 Å². The van der Waals surface area contributed by atoms with Gasteiger partial charge >= 0.3 is 0 Å². The lowest BCUT2D eigenvalue weighted by Crippen LogP contribution is -2.41. The van der Waals surface area contributed by atoms with Gasteiger partial charge in [0.25, 0.3) is 0 Å². The number of phenols is 1. The number of nitrogens with zero attached hydrogens (tertiary/aromatic N) is 1. The highest BCUT2D eigenvalue weighted by atomic mass is 16.7. The minimum Gasteiger partial charge on any atom is -0.504 e. The average molecular weight is 353 g/mol. The normalized spacial score (nSPS) is 19.0. The molecule has 1 unspecified atom stereocenters. The second-order valence-corrected chi connectivity index (χ2v) is 6.92. The second-order valence-electron chi connectivity index (χ2n) is 6.92. The molecule has 0 spiro atoms. The monoisotopic (exact) mass is 353 g/mol. The third-order valence-corrected chi connectivity index (χ3v) is 5.63. The average Bonchev–Trinajstić information content (AvgIpc) is 3.08. The third-order valence-electron chi connectivity index (χ3n) is 5.63. The number of carbonyl (C=O) groups excluding carboxylic acids is 1. The summed E-state index contributed by atoms with van der Waals surface area (Å²) in [7, 11) is 1.56. The van der Waals surface area contributed by atoms with E-state index in [-0.39, 0.29) is 24.5 Å². The molecule has 0 saturated carbocycles. The van der Waals surface area contributed by atoms with Crippen LogP contribution in [0.15, 0.2) is 18.2 Å². The minimum absolute atomic E-state index is 0.0473. The SMILES string of the molecule is COc1cc2c3c(c1O)-c1cc4c(cc1CC3N(C(C)=O)CC2)OCO4. The van der Waals surface area contributed by atoms with Crippen LogP contribution in [-0.4, -0.2) is 36.4 Å². The van der Waals surface area contributed by atoms with E-state index in [0.29, 0.717) is 30.2 Å². The van der Waals surface area contributed by atoms with Crippen molar-refractivity contribution in [3.05, 3.63) is 34.9 Å². The third kappa shape index (κ3) is 1.95. The highest BCUT2D eigenvalue weighted by Crippen LogP contribution is 2.54. The van der Waals surface area contributed by atoms with Gasteiger partial charge in [-0.05, 0) is 53.3 Å². The lowest BCUT2D eigenvalue weighted by Gasteiger charge is -2.41. The summed E-state index contributed by atoms with van der Waals surface area (Å²) in [5.74, 6) is 2.00. The molecule has 2 aromatic rings. The number of benzene rings is 2. The van der Waals surface area contributed by atoms with Crippen LogP contribution in [0.25, 0.3) is 11.1 Å². The van der Waals surface area contributed by atoms with Crippen molar-refractivity contribution >= 4 is 5.91 Å². The number of aromatic hydroxyl groups is 1. The Morgan fingerprint density at radius 1 is 1.23 bits per heavy atom. The Morgan fingerprint density at radius 3 is 2.73 bits per heavy atom.